The SMILES string of the molecule is CN(C)c1ccc([C@@H](CNC(=O)CCc2ccccc2)N2CCc3ccccc3C2)cc1. The molecule has 4 rings (SSSR count). The summed E-state index contributed by atoms with van der Waals surface area (Å²) < 4.78 is 0. The van der Waals surface area contributed by atoms with Crippen LogP contribution in [0.3, 0.4) is 0 Å². The van der Waals surface area contributed by atoms with Crippen molar-refractivity contribution in [1.29, 1.82) is 0 Å². The number of carbonyl (C=O) groups is 1. The van der Waals surface area contributed by atoms with E-state index in [4.69, 9.17) is 0 Å². The van der Waals surface area contributed by atoms with Gasteiger partial charge in [-0.05, 0) is 47.2 Å². The van der Waals surface area contributed by atoms with Crippen molar-refractivity contribution in [3.63, 3.8) is 0 Å². The monoisotopic (exact) mass is 427 g/mol. The van der Waals surface area contributed by atoms with Gasteiger partial charge in [0, 0.05) is 45.8 Å². The smallest absolute Gasteiger partial charge is 0.220 e. The number of amides is 1. The van der Waals surface area contributed by atoms with E-state index >= 15 is 0 Å². The van der Waals surface area contributed by atoms with Crippen molar-refractivity contribution in [2.24, 2.45) is 0 Å². The lowest BCUT2D eigenvalue weighted by molar-refractivity contribution is -0.121. The number of anilines is 1. The van der Waals surface area contributed by atoms with E-state index in [1.54, 1.807) is 0 Å². The van der Waals surface area contributed by atoms with Crippen molar-refractivity contribution >= 4 is 11.6 Å². The van der Waals surface area contributed by atoms with Gasteiger partial charge in [-0.25, -0.2) is 0 Å². The lowest BCUT2D eigenvalue weighted by atomic mass is 9.96. The molecule has 4 nitrogen and oxygen atoms in total. The van der Waals surface area contributed by atoms with Crippen LogP contribution in [0.5, 0.6) is 0 Å². The number of hydrogen-bond donors (Lipinski definition) is 1. The molecule has 1 aliphatic heterocycles. The summed E-state index contributed by atoms with van der Waals surface area (Å²) in [5.74, 6) is 0.112. The fourth-order valence-corrected chi connectivity index (χ4v) is 4.44. The molecule has 1 heterocycles. The summed E-state index contributed by atoms with van der Waals surface area (Å²) >= 11 is 0. The molecule has 0 spiro atoms. The number of hydrogen-bond acceptors (Lipinski definition) is 3. The van der Waals surface area contributed by atoms with Gasteiger partial charge in [-0.3, -0.25) is 9.69 Å². The van der Waals surface area contributed by atoms with Crippen LogP contribution in [0.25, 0.3) is 0 Å². The highest BCUT2D eigenvalue weighted by molar-refractivity contribution is 5.76. The Balaban J connectivity index is 1.45. The summed E-state index contributed by atoms with van der Waals surface area (Å²) in [6.07, 6.45) is 2.33. The Hall–Kier alpha value is -3.11. The van der Waals surface area contributed by atoms with Crippen LogP contribution >= 0.6 is 0 Å². The average molecular weight is 428 g/mol. The molecule has 1 amide bonds. The van der Waals surface area contributed by atoms with E-state index in [0.29, 0.717) is 13.0 Å². The normalized spacial score (nSPS) is 14.4. The van der Waals surface area contributed by atoms with Crippen LogP contribution in [0.4, 0.5) is 5.69 Å². The molecule has 32 heavy (non-hydrogen) atoms. The predicted molar refractivity (Wildman–Crippen MR) is 132 cm³/mol. The number of fused-ring (bicyclic) bond motifs is 1. The van der Waals surface area contributed by atoms with Gasteiger partial charge in [-0.2, -0.15) is 0 Å². The highest BCUT2D eigenvalue weighted by Crippen LogP contribution is 2.28. The molecule has 0 radical (unpaired) electrons. The zero-order valence-corrected chi connectivity index (χ0v) is 19.1. The van der Waals surface area contributed by atoms with Gasteiger partial charge in [0.15, 0.2) is 0 Å². The van der Waals surface area contributed by atoms with Crippen molar-refractivity contribution in [3.8, 4) is 0 Å². The zero-order chi connectivity index (χ0) is 22.3. The third-order valence-electron chi connectivity index (χ3n) is 6.37. The first-order valence-corrected chi connectivity index (χ1v) is 11.5. The maximum atomic E-state index is 12.6. The first-order valence-electron chi connectivity index (χ1n) is 11.5. The zero-order valence-electron chi connectivity index (χ0n) is 19.1. The van der Waals surface area contributed by atoms with Crippen molar-refractivity contribution in [3.05, 3.63) is 101 Å². The largest absolute Gasteiger partial charge is 0.378 e. The molecule has 0 aromatic heterocycles. The minimum atomic E-state index is 0.112. The molecule has 0 fully saturated rings. The van der Waals surface area contributed by atoms with Gasteiger partial charge in [-0.1, -0.05) is 66.7 Å². The van der Waals surface area contributed by atoms with Crippen LogP contribution in [0.2, 0.25) is 0 Å². The van der Waals surface area contributed by atoms with E-state index in [2.05, 4.69) is 89.9 Å². The standard InChI is InChI=1S/C28H33N3O/c1-30(2)26-15-13-24(14-16-26)27(31-19-18-23-10-6-7-11-25(23)21-31)20-29-28(32)17-12-22-8-4-3-5-9-22/h3-11,13-16,27H,12,17-21H2,1-2H3,(H,29,32)/t27-/m1/s1. The molecule has 1 atom stereocenters. The summed E-state index contributed by atoms with van der Waals surface area (Å²) in [7, 11) is 4.11. The molecule has 3 aromatic rings. The Labute approximate surface area is 191 Å². The molecule has 3 aromatic carbocycles. The fraction of sp³-hybridized carbons (Fsp3) is 0.321. The van der Waals surface area contributed by atoms with E-state index in [0.717, 1.165) is 25.9 Å². The third kappa shape index (κ3) is 5.57. The van der Waals surface area contributed by atoms with Crippen LogP contribution in [-0.4, -0.2) is 38.0 Å². The summed E-state index contributed by atoms with van der Waals surface area (Å²) in [6, 6.07) is 27.8. The van der Waals surface area contributed by atoms with Crippen molar-refractivity contribution < 1.29 is 4.79 Å². The van der Waals surface area contributed by atoms with Crippen LogP contribution in [-0.2, 0) is 24.2 Å². The highest BCUT2D eigenvalue weighted by Gasteiger charge is 2.25. The Morgan fingerprint density at radius 1 is 0.938 bits per heavy atom. The Morgan fingerprint density at radius 2 is 1.62 bits per heavy atom. The van der Waals surface area contributed by atoms with E-state index in [9.17, 15) is 4.79 Å². The maximum absolute atomic E-state index is 12.6. The van der Waals surface area contributed by atoms with E-state index in [-0.39, 0.29) is 11.9 Å². The molecular weight excluding hydrogens is 394 g/mol. The minimum absolute atomic E-state index is 0.112. The Morgan fingerprint density at radius 3 is 2.34 bits per heavy atom. The molecule has 0 saturated heterocycles. The van der Waals surface area contributed by atoms with Gasteiger partial charge >= 0.3 is 0 Å². The topological polar surface area (TPSA) is 35.6 Å². The second-order valence-corrected chi connectivity index (χ2v) is 8.78. The van der Waals surface area contributed by atoms with Crippen molar-refractivity contribution in [1.82, 2.24) is 10.2 Å². The molecule has 0 unspecified atom stereocenters. The number of nitrogens with one attached hydrogen (secondary N) is 1. The van der Waals surface area contributed by atoms with Crippen LogP contribution in [0, 0.1) is 0 Å². The van der Waals surface area contributed by atoms with Crippen LogP contribution in [0.15, 0.2) is 78.9 Å². The van der Waals surface area contributed by atoms with Crippen LogP contribution in [0.1, 0.15) is 34.7 Å². The fourth-order valence-electron chi connectivity index (χ4n) is 4.44. The molecule has 4 heteroatoms. The van der Waals surface area contributed by atoms with E-state index in [1.807, 2.05) is 18.2 Å². The molecular formula is C28H33N3O. The number of nitrogens with zero attached hydrogens (tertiary/aromatic N) is 2. The number of benzene rings is 3. The van der Waals surface area contributed by atoms with Gasteiger partial charge in [0.25, 0.3) is 0 Å². The number of aryl methyl sites for hydroxylation is 1. The maximum Gasteiger partial charge on any atom is 0.220 e. The first-order chi connectivity index (χ1) is 15.6. The Bertz CT molecular complexity index is 1010. The summed E-state index contributed by atoms with van der Waals surface area (Å²) in [6.45, 7) is 2.53. The van der Waals surface area contributed by atoms with Gasteiger partial charge in [0.1, 0.15) is 0 Å². The second-order valence-electron chi connectivity index (χ2n) is 8.78. The molecule has 0 saturated carbocycles. The van der Waals surface area contributed by atoms with E-state index < -0.39 is 0 Å². The first kappa shape index (κ1) is 22.1. The van der Waals surface area contributed by atoms with Crippen molar-refractivity contribution in [2.75, 3.05) is 32.1 Å². The van der Waals surface area contributed by atoms with Crippen molar-refractivity contribution in [2.45, 2.75) is 31.8 Å². The Kier molecular flexibility index (Phi) is 7.23. The molecule has 0 aliphatic carbocycles. The third-order valence-corrected chi connectivity index (χ3v) is 6.37. The molecule has 1 N–H and O–H groups in total. The quantitative estimate of drug-likeness (QED) is 0.571. The van der Waals surface area contributed by atoms with Gasteiger partial charge in [-0.15, -0.1) is 0 Å². The second kappa shape index (κ2) is 10.5. The highest BCUT2D eigenvalue weighted by atomic mass is 16.1. The molecule has 166 valence electrons. The predicted octanol–water partition coefficient (Wildman–Crippen LogP) is 4.60. The van der Waals surface area contributed by atoms with E-state index in [1.165, 1.54) is 27.9 Å². The average Bonchev–Trinajstić information content (AvgIpc) is 2.83. The summed E-state index contributed by atoms with van der Waals surface area (Å²) in [4.78, 5) is 17.3. The van der Waals surface area contributed by atoms with Gasteiger partial charge in [0.05, 0.1) is 6.04 Å². The minimum Gasteiger partial charge on any atom is -0.378 e. The molecule has 0 bridgehead atoms. The lowest BCUT2D eigenvalue weighted by Gasteiger charge is -2.36. The number of carbonyl (C=O) groups excluding carboxylic acids is 1. The summed E-state index contributed by atoms with van der Waals surface area (Å²) in [5, 5.41) is 3.22. The van der Waals surface area contributed by atoms with Crippen LogP contribution < -0.4 is 10.2 Å². The van der Waals surface area contributed by atoms with Gasteiger partial charge in [0.2, 0.25) is 5.91 Å². The number of rotatable bonds is 8. The summed E-state index contributed by atoms with van der Waals surface area (Å²) in [5.41, 5.74) is 6.47. The lowest BCUT2D eigenvalue weighted by Crippen LogP contribution is -2.40. The molecule has 1 aliphatic rings. The van der Waals surface area contributed by atoms with Gasteiger partial charge < -0.3 is 10.2 Å².